The molecule has 0 fully saturated rings. The highest BCUT2D eigenvalue weighted by atomic mass is 32.2. The number of carbonyl (C=O) groups excluding carboxylic acids is 1. The van der Waals surface area contributed by atoms with E-state index in [1.54, 1.807) is 0 Å². The third-order valence-corrected chi connectivity index (χ3v) is 4.34. The average Bonchev–Trinajstić information content (AvgIpc) is 2.47. The van der Waals surface area contributed by atoms with Gasteiger partial charge in [-0.15, -0.1) is 11.8 Å². The van der Waals surface area contributed by atoms with Gasteiger partial charge in [0.2, 0.25) is 0 Å². The number of carboxylic acid groups (broad SMARTS) is 1. The van der Waals surface area contributed by atoms with E-state index in [-0.39, 0.29) is 23.9 Å². The number of carboxylic acids is 1. The molecule has 1 atom stereocenters. The van der Waals surface area contributed by atoms with Crippen LogP contribution in [0, 0.1) is 0 Å². The zero-order valence-corrected chi connectivity index (χ0v) is 14.1. The lowest BCUT2D eigenvalue weighted by molar-refractivity contribution is -0.137. The maximum absolute atomic E-state index is 13.2. The van der Waals surface area contributed by atoms with Crippen molar-refractivity contribution in [2.24, 2.45) is 0 Å². The van der Waals surface area contributed by atoms with Crippen molar-refractivity contribution in [3.8, 4) is 0 Å². The maximum Gasteiger partial charge on any atom is 0.418 e. The molecule has 0 aliphatic heterocycles. The highest BCUT2D eigenvalue weighted by molar-refractivity contribution is 7.99. The fourth-order valence-corrected chi connectivity index (χ4v) is 2.67. The minimum atomic E-state index is -4.62. The Labute approximate surface area is 142 Å². The Bertz CT molecular complexity index is 594. The molecule has 1 unspecified atom stereocenters. The summed E-state index contributed by atoms with van der Waals surface area (Å²) in [5, 5.41) is 12.9. The van der Waals surface area contributed by atoms with Crippen LogP contribution in [0.2, 0.25) is 0 Å². The van der Waals surface area contributed by atoms with Crippen molar-refractivity contribution in [2.45, 2.75) is 43.0 Å². The predicted octanol–water partition coefficient (Wildman–Crippen LogP) is 4.19. The van der Waals surface area contributed by atoms with E-state index in [1.165, 1.54) is 23.9 Å². The van der Waals surface area contributed by atoms with Crippen LogP contribution in [0.15, 0.2) is 23.1 Å². The minimum Gasteiger partial charge on any atom is -0.481 e. The van der Waals surface area contributed by atoms with Crippen molar-refractivity contribution in [1.82, 2.24) is 5.32 Å². The van der Waals surface area contributed by atoms with Crippen molar-refractivity contribution in [2.75, 3.05) is 11.9 Å². The zero-order chi connectivity index (χ0) is 18.3. The summed E-state index contributed by atoms with van der Waals surface area (Å²) in [5.41, 5.74) is -1.31. The van der Waals surface area contributed by atoms with E-state index in [4.69, 9.17) is 5.11 Å². The summed E-state index contributed by atoms with van der Waals surface area (Å²) in [6, 6.07) is 2.83. The average molecular weight is 364 g/mol. The standard InChI is InChI=1S/C15H19F3N2O3S/c1-3-9(2)24-10-4-5-12(11(8-10)15(16,17)18)20-14(23)19-7-6-13(21)22/h4-5,8-9H,3,6-7H2,1-2H3,(H,21,22)(H2,19,20,23). The molecule has 9 heteroatoms. The first-order valence-corrected chi connectivity index (χ1v) is 8.16. The number of thioether (sulfide) groups is 1. The van der Waals surface area contributed by atoms with E-state index in [2.05, 4.69) is 10.6 Å². The number of rotatable bonds is 7. The molecule has 0 heterocycles. The van der Waals surface area contributed by atoms with E-state index in [1.807, 2.05) is 13.8 Å². The fourth-order valence-electron chi connectivity index (χ4n) is 1.71. The summed E-state index contributed by atoms with van der Waals surface area (Å²) < 4.78 is 39.6. The monoisotopic (exact) mass is 364 g/mol. The van der Waals surface area contributed by atoms with Crippen molar-refractivity contribution in [1.29, 1.82) is 0 Å². The van der Waals surface area contributed by atoms with Crippen molar-refractivity contribution in [3.05, 3.63) is 23.8 Å². The van der Waals surface area contributed by atoms with Gasteiger partial charge in [-0.3, -0.25) is 4.79 Å². The number of hydrogen-bond donors (Lipinski definition) is 3. The third-order valence-electron chi connectivity index (χ3n) is 3.08. The number of amides is 2. The quantitative estimate of drug-likeness (QED) is 0.634. The predicted molar refractivity (Wildman–Crippen MR) is 86.3 cm³/mol. The SMILES string of the molecule is CCC(C)Sc1ccc(NC(=O)NCCC(=O)O)c(C(F)(F)F)c1. The van der Waals surface area contributed by atoms with Crippen LogP contribution in [0.1, 0.15) is 32.3 Å². The van der Waals surface area contributed by atoms with Gasteiger partial charge in [0.05, 0.1) is 17.7 Å². The molecule has 5 nitrogen and oxygen atoms in total. The molecule has 1 rings (SSSR count). The molecular weight excluding hydrogens is 345 g/mol. The summed E-state index contributed by atoms with van der Waals surface area (Å²) in [7, 11) is 0. The summed E-state index contributed by atoms with van der Waals surface area (Å²) >= 11 is 1.32. The number of halogens is 3. The highest BCUT2D eigenvalue weighted by Crippen LogP contribution is 2.38. The molecule has 0 saturated carbocycles. The fraction of sp³-hybridized carbons (Fsp3) is 0.467. The molecule has 0 bridgehead atoms. The highest BCUT2D eigenvalue weighted by Gasteiger charge is 2.34. The number of aliphatic carboxylic acids is 1. The van der Waals surface area contributed by atoms with Gasteiger partial charge in [0.25, 0.3) is 0 Å². The largest absolute Gasteiger partial charge is 0.481 e. The molecule has 0 spiro atoms. The van der Waals surface area contributed by atoms with Crippen LogP contribution >= 0.6 is 11.8 Å². The topological polar surface area (TPSA) is 78.4 Å². The normalized spacial score (nSPS) is 12.5. The van der Waals surface area contributed by atoms with Gasteiger partial charge in [-0.05, 0) is 24.6 Å². The number of carbonyl (C=O) groups is 2. The van der Waals surface area contributed by atoms with Gasteiger partial charge < -0.3 is 15.7 Å². The van der Waals surface area contributed by atoms with E-state index in [9.17, 15) is 22.8 Å². The number of nitrogens with one attached hydrogen (secondary N) is 2. The molecule has 0 saturated heterocycles. The molecule has 0 aliphatic rings. The van der Waals surface area contributed by atoms with Gasteiger partial charge in [0.15, 0.2) is 0 Å². The second kappa shape index (κ2) is 8.81. The maximum atomic E-state index is 13.2. The molecule has 1 aromatic rings. The summed E-state index contributed by atoms with van der Waals surface area (Å²) in [6.07, 6.45) is -4.11. The Morgan fingerprint density at radius 2 is 2.00 bits per heavy atom. The minimum absolute atomic E-state index is 0.171. The van der Waals surface area contributed by atoms with Crippen LogP contribution in [0.3, 0.4) is 0 Å². The Morgan fingerprint density at radius 1 is 1.33 bits per heavy atom. The second-order valence-electron chi connectivity index (χ2n) is 5.07. The van der Waals surface area contributed by atoms with Gasteiger partial charge >= 0.3 is 18.2 Å². The van der Waals surface area contributed by atoms with Crippen LogP contribution in [0.4, 0.5) is 23.7 Å². The van der Waals surface area contributed by atoms with Gasteiger partial charge in [-0.1, -0.05) is 13.8 Å². The van der Waals surface area contributed by atoms with Crippen molar-refractivity contribution < 1.29 is 27.9 Å². The van der Waals surface area contributed by atoms with Gasteiger partial charge in [0.1, 0.15) is 0 Å². The van der Waals surface area contributed by atoms with Crippen LogP contribution < -0.4 is 10.6 Å². The van der Waals surface area contributed by atoms with Crippen LogP contribution in [-0.2, 0) is 11.0 Å². The molecular formula is C15H19F3N2O3S. The van der Waals surface area contributed by atoms with Crippen molar-refractivity contribution in [3.63, 3.8) is 0 Å². The molecule has 0 aromatic heterocycles. The lowest BCUT2D eigenvalue weighted by Gasteiger charge is -2.16. The van der Waals surface area contributed by atoms with E-state index in [0.717, 1.165) is 12.5 Å². The molecule has 0 aliphatic carbocycles. The van der Waals surface area contributed by atoms with Crippen LogP contribution in [-0.4, -0.2) is 28.9 Å². The lowest BCUT2D eigenvalue weighted by Crippen LogP contribution is -2.31. The smallest absolute Gasteiger partial charge is 0.418 e. The third kappa shape index (κ3) is 6.69. The first-order valence-electron chi connectivity index (χ1n) is 7.28. The number of alkyl halides is 3. The van der Waals surface area contributed by atoms with Crippen LogP contribution in [0.5, 0.6) is 0 Å². The van der Waals surface area contributed by atoms with E-state index >= 15 is 0 Å². The molecule has 0 radical (unpaired) electrons. The lowest BCUT2D eigenvalue weighted by atomic mass is 10.1. The first kappa shape index (κ1) is 20.1. The van der Waals surface area contributed by atoms with Gasteiger partial charge in [-0.2, -0.15) is 13.2 Å². The number of benzene rings is 1. The van der Waals surface area contributed by atoms with Crippen LogP contribution in [0.25, 0.3) is 0 Å². The van der Waals surface area contributed by atoms with E-state index in [0.29, 0.717) is 4.90 Å². The van der Waals surface area contributed by atoms with Gasteiger partial charge in [0, 0.05) is 16.7 Å². The summed E-state index contributed by atoms with van der Waals surface area (Å²) in [5.74, 6) is -1.11. The van der Waals surface area contributed by atoms with Crippen molar-refractivity contribution >= 4 is 29.4 Å². The van der Waals surface area contributed by atoms with E-state index < -0.39 is 23.7 Å². The number of urea groups is 1. The molecule has 24 heavy (non-hydrogen) atoms. The Hall–Kier alpha value is -1.90. The molecule has 2 amide bonds. The molecule has 134 valence electrons. The Balaban J connectivity index is 2.89. The summed E-state index contributed by atoms with van der Waals surface area (Å²) in [6.45, 7) is 3.68. The molecule has 3 N–H and O–H groups in total. The second-order valence-corrected chi connectivity index (χ2v) is 6.58. The number of hydrogen-bond acceptors (Lipinski definition) is 3. The Kier molecular flexibility index (Phi) is 7.40. The summed E-state index contributed by atoms with van der Waals surface area (Å²) in [4.78, 5) is 22.4. The number of anilines is 1. The Morgan fingerprint density at radius 3 is 2.54 bits per heavy atom. The first-order chi connectivity index (χ1) is 11.1. The zero-order valence-electron chi connectivity index (χ0n) is 13.2. The van der Waals surface area contributed by atoms with Gasteiger partial charge in [-0.25, -0.2) is 4.79 Å². The molecule has 1 aromatic carbocycles.